The summed E-state index contributed by atoms with van der Waals surface area (Å²) in [5.74, 6) is 1.49. The average molecular weight is 285 g/mol. The van der Waals surface area contributed by atoms with Crippen LogP contribution in [0.4, 0.5) is 5.82 Å². The molecule has 1 atom stereocenters. The van der Waals surface area contributed by atoms with E-state index in [-0.39, 0.29) is 6.10 Å². The molecule has 1 aromatic heterocycles. The standard InChI is InChI=1S/C12H17BrN2O/c1-9(16)10-4-6-15(7-5-10)12-3-2-11(13)8-14-12/h2-3,8-10,16H,4-7H2,1H3. The Labute approximate surface area is 105 Å². The minimum atomic E-state index is -0.181. The molecule has 0 aliphatic carbocycles. The van der Waals surface area contributed by atoms with Crippen LogP contribution in [0.5, 0.6) is 0 Å². The van der Waals surface area contributed by atoms with Gasteiger partial charge in [-0.1, -0.05) is 0 Å². The Morgan fingerprint density at radius 1 is 1.44 bits per heavy atom. The summed E-state index contributed by atoms with van der Waals surface area (Å²) in [6.07, 6.45) is 3.75. The van der Waals surface area contributed by atoms with Gasteiger partial charge in [0.05, 0.1) is 6.10 Å². The van der Waals surface area contributed by atoms with Gasteiger partial charge < -0.3 is 10.0 Å². The van der Waals surface area contributed by atoms with Gasteiger partial charge in [-0.3, -0.25) is 0 Å². The maximum absolute atomic E-state index is 9.53. The second-order valence-corrected chi connectivity index (χ2v) is 5.32. The highest BCUT2D eigenvalue weighted by Gasteiger charge is 2.23. The predicted octanol–water partition coefficient (Wildman–Crippen LogP) is 2.44. The van der Waals surface area contributed by atoms with Crippen molar-refractivity contribution in [1.29, 1.82) is 0 Å². The van der Waals surface area contributed by atoms with E-state index in [0.717, 1.165) is 36.2 Å². The second kappa shape index (κ2) is 5.15. The van der Waals surface area contributed by atoms with Gasteiger partial charge in [-0.05, 0) is 53.7 Å². The molecule has 3 nitrogen and oxygen atoms in total. The van der Waals surface area contributed by atoms with Crippen LogP contribution in [-0.4, -0.2) is 29.3 Å². The summed E-state index contributed by atoms with van der Waals surface area (Å²) in [5, 5.41) is 9.53. The summed E-state index contributed by atoms with van der Waals surface area (Å²) in [4.78, 5) is 6.67. The Bertz CT molecular complexity index is 331. The highest BCUT2D eigenvalue weighted by atomic mass is 79.9. The minimum Gasteiger partial charge on any atom is -0.393 e. The van der Waals surface area contributed by atoms with E-state index >= 15 is 0 Å². The third-order valence-corrected chi connectivity index (χ3v) is 3.73. The lowest BCUT2D eigenvalue weighted by Crippen LogP contribution is -2.37. The summed E-state index contributed by atoms with van der Waals surface area (Å²) in [7, 11) is 0. The quantitative estimate of drug-likeness (QED) is 0.906. The van der Waals surface area contributed by atoms with Crippen LogP contribution in [0.1, 0.15) is 19.8 Å². The summed E-state index contributed by atoms with van der Waals surface area (Å²) in [6.45, 7) is 3.87. The smallest absolute Gasteiger partial charge is 0.128 e. The van der Waals surface area contributed by atoms with E-state index in [9.17, 15) is 5.11 Å². The molecular weight excluding hydrogens is 268 g/mol. The number of piperidine rings is 1. The number of aliphatic hydroxyl groups excluding tert-OH is 1. The van der Waals surface area contributed by atoms with Gasteiger partial charge >= 0.3 is 0 Å². The molecule has 2 heterocycles. The monoisotopic (exact) mass is 284 g/mol. The fraction of sp³-hybridized carbons (Fsp3) is 0.583. The first-order chi connectivity index (χ1) is 7.66. The van der Waals surface area contributed by atoms with Gasteiger partial charge in [0.1, 0.15) is 5.82 Å². The average Bonchev–Trinajstić information content (AvgIpc) is 2.30. The molecule has 1 unspecified atom stereocenters. The molecule has 2 rings (SSSR count). The normalized spacial score (nSPS) is 19.8. The molecule has 0 spiro atoms. The molecule has 1 saturated heterocycles. The van der Waals surface area contributed by atoms with Crippen molar-refractivity contribution >= 4 is 21.7 Å². The molecule has 0 radical (unpaired) electrons. The van der Waals surface area contributed by atoms with Crippen molar-refractivity contribution in [2.24, 2.45) is 5.92 Å². The number of anilines is 1. The zero-order valence-electron chi connectivity index (χ0n) is 9.43. The van der Waals surface area contributed by atoms with Crippen LogP contribution in [0.15, 0.2) is 22.8 Å². The van der Waals surface area contributed by atoms with Crippen LogP contribution in [0.25, 0.3) is 0 Å². The summed E-state index contributed by atoms with van der Waals surface area (Å²) in [6, 6.07) is 4.05. The summed E-state index contributed by atoms with van der Waals surface area (Å²) >= 11 is 3.38. The lowest BCUT2D eigenvalue weighted by molar-refractivity contribution is 0.110. The molecule has 0 aromatic carbocycles. The van der Waals surface area contributed by atoms with Gasteiger partial charge in [0.25, 0.3) is 0 Å². The van der Waals surface area contributed by atoms with Crippen LogP contribution >= 0.6 is 15.9 Å². The van der Waals surface area contributed by atoms with Crippen LogP contribution in [-0.2, 0) is 0 Å². The summed E-state index contributed by atoms with van der Waals surface area (Å²) < 4.78 is 1.01. The van der Waals surface area contributed by atoms with Crippen molar-refractivity contribution in [3.8, 4) is 0 Å². The van der Waals surface area contributed by atoms with Gasteiger partial charge in [0.2, 0.25) is 0 Å². The molecule has 1 aliphatic heterocycles. The van der Waals surface area contributed by atoms with E-state index < -0.39 is 0 Å². The molecule has 1 aromatic rings. The Morgan fingerprint density at radius 2 is 2.12 bits per heavy atom. The first-order valence-electron chi connectivity index (χ1n) is 5.71. The first kappa shape index (κ1) is 11.9. The maximum Gasteiger partial charge on any atom is 0.128 e. The third kappa shape index (κ3) is 2.74. The number of aromatic nitrogens is 1. The van der Waals surface area contributed by atoms with Gasteiger partial charge in [-0.25, -0.2) is 4.98 Å². The molecule has 4 heteroatoms. The molecule has 88 valence electrons. The van der Waals surface area contributed by atoms with Crippen LogP contribution in [0.3, 0.4) is 0 Å². The molecule has 1 aliphatic rings. The highest BCUT2D eigenvalue weighted by Crippen LogP contribution is 2.24. The highest BCUT2D eigenvalue weighted by molar-refractivity contribution is 9.10. The molecule has 16 heavy (non-hydrogen) atoms. The minimum absolute atomic E-state index is 0.181. The van der Waals surface area contributed by atoms with E-state index in [4.69, 9.17) is 0 Å². The largest absolute Gasteiger partial charge is 0.393 e. The van der Waals surface area contributed by atoms with E-state index in [1.807, 2.05) is 25.3 Å². The SMILES string of the molecule is CC(O)C1CCN(c2ccc(Br)cn2)CC1. The maximum atomic E-state index is 9.53. The van der Waals surface area contributed by atoms with Gasteiger partial charge in [-0.15, -0.1) is 0 Å². The molecule has 0 bridgehead atoms. The molecule has 0 amide bonds. The van der Waals surface area contributed by atoms with E-state index in [0.29, 0.717) is 5.92 Å². The zero-order chi connectivity index (χ0) is 11.5. The number of nitrogens with zero attached hydrogens (tertiary/aromatic N) is 2. The van der Waals surface area contributed by atoms with Crippen LogP contribution in [0.2, 0.25) is 0 Å². The van der Waals surface area contributed by atoms with E-state index in [1.54, 1.807) is 0 Å². The molecular formula is C12H17BrN2O. The second-order valence-electron chi connectivity index (χ2n) is 4.40. The van der Waals surface area contributed by atoms with Crippen molar-refractivity contribution in [1.82, 2.24) is 4.98 Å². The van der Waals surface area contributed by atoms with Crippen LogP contribution < -0.4 is 4.90 Å². The lowest BCUT2D eigenvalue weighted by atomic mass is 9.92. The van der Waals surface area contributed by atoms with Gasteiger partial charge in [0, 0.05) is 23.8 Å². The lowest BCUT2D eigenvalue weighted by Gasteiger charge is -2.34. The van der Waals surface area contributed by atoms with Crippen molar-refractivity contribution in [3.63, 3.8) is 0 Å². The molecule has 1 fully saturated rings. The van der Waals surface area contributed by atoms with Crippen molar-refractivity contribution in [3.05, 3.63) is 22.8 Å². The van der Waals surface area contributed by atoms with Gasteiger partial charge in [0.15, 0.2) is 0 Å². The summed E-state index contributed by atoms with van der Waals surface area (Å²) in [5.41, 5.74) is 0. The van der Waals surface area contributed by atoms with Crippen molar-refractivity contribution < 1.29 is 5.11 Å². The fourth-order valence-electron chi connectivity index (χ4n) is 2.17. The van der Waals surface area contributed by atoms with Crippen LogP contribution in [0, 0.1) is 5.92 Å². The number of hydrogen-bond acceptors (Lipinski definition) is 3. The fourth-order valence-corrected chi connectivity index (χ4v) is 2.40. The number of rotatable bonds is 2. The van der Waals surface area contributed by atoms with Crippen molar-refractivity contribution in [2.75, 3.05) is 18.0 Å². The topological polar surface area (TPSA) is 36.4 Å². The van der Waals surface area contributed by atoms with E-state index in [1.165, 1.54) is 0 Å². The molecule has 0 saturated carbocycles. The van der Waals surface area contributed by atoms with Gasteiger partial charge in [-0.2, -0.15) is 0 Å². The number of aliphatic hydroxyl groups is 1. The number of pyridine rings is 1. The predicted molar refractivity (Wildman–Crippen MR) is 68.6 cm³/mol. The first-order valence-corrected chi connectivity index (χ1v) is 6.50. The number of halogens is 1. The molecule has 1 N–H and O–H groups in total. The Morgan fingerprint density at radius 3 is 2.62 bits per heavy atom. The Balaban J connectivity index is 1.96. The Hall–Kier alpha value is -0.610. The number of hydrogen-bond donors (Lipinski definition) is 1. The Kier molecular flexibility index (Phi) is 3.82. The zero-order valence-corrected chi connectivity index (χ0v) is 11.0. The van der Waals surface area contributed by atoms with Crippen molar-refractivity contribution in [2.45, 2.75) is 25.9 Å². The van der Waals surface area contributed by atoms with E-state index in [2.05, 4.69) is 25.8 Å². The third-order valence-electron chi connectivity index (χ3n) is 3.26.